The van der Waals surface area contributed by atoms with E-state index in [0.717, 1.165) is 6.20 Å². The van der Waals surface area contributed by atoms with Crippen LogP contribution in [0.4, 0.5) is 5.69 Å². The minimum Gasteiger partial charge on any atom is -0.278 e. The number of pyridine rings is 1. The monoisotopic (exact) mass is 307 g/mol. The molecule has 0 bridgehead atoms. The van der Waals surface area contributed by atoms with Gasteiger partial charge in [-0.1, -0.05) is 23.7 Å². The van der Waals surface area contributed by atoms with Crippen molar-refractivity contribution in [1.29, 1.82) is 5.26 Å². The maximum Gasteiger partial charge on any atom is 0.263 e. The Bertz CT molecular complexity index is 780. The molecule has 0 saturated heterocycles. The van der Waals surface area contributed by atoms with Crippen molar-refractivity contribution in [3.63, 3.8) is 0 Å². The Morgan fingerprint density at radius 1 is 1.30 bits per heavy atom. The first kappa shape index (κ1) is 14.3. The summed E-state index contributed by atoms with van der Waals surface area (Å²) in [5, 5.41) is 9.29. The molecule has 0 amide bonds. The van der Waals surface area contributed by atoms with Crippen molar-refractivity contribution in [3.05, 3.63) is 52.8 Å². The molecule has 1 aromatic heterocycles. The van der Waals surface area contributed by atoms with Gasteiger partial charge in [0.25, 0.3) is 10.0 Å². The lowest BCUT2D eigenvalue weighted by molar-refractivity contribution is 0.601. The van der Waals surface area contributed by atoms with E-state index in [2.05, 4.69) is 9.71 Å². The van der Waals surface area contributed by atoms with Crippen molar-refractivity contribution in [2.24, 2.45) is 0 Å². The molecule has 0 saturated carbocycles. The molecule has 1 heterocycles. The van der Waals surface area contributed by atoms with Crippen LogP contribution in [0.5, 0.6) is 0 Å². The fourth-order valence-electron chi connectivity index (χ4n) is 1.63. The highest BCUT2D eigenvalue weighted by molar-refractivity contribution is 7.92. The van der Waals surface area contributed by atoms with E-state index < -0.39 is 10.0 Å². The van der Waals surface area contributed by atoms with Crippen LogP contribution in [0.1, 0.15) is 11.1 Å². The van der Waals surface area contributed by atoms with E-state index in [1.165, 1.54) is 18.2 Å². The Labute approximate surface area is 121 Å². The van der Waals surface area contributed by atoms with E-state index in [9.17, 15) is 8.42 Å². The maximum absolute atomic E-state index is 12.2. The molecule has 1 N–H and O–H groups in total. The van der Waals surface area contributed by atoms with E-state index in [4.69, 9.17) is 16.9 Å². The number of aryl methyl sites for hydroxylation is 1. The molecule has 0 fully saturated rings. The van der Waals surface area contributed by atoms with Gasteiger partial charge in [0.1, 0.15) is 16.1 Å². The van der Waals surface area contributed by atoms with Crippen LogP contribution in [0.2, 0.25) is 5.15 Å². The summed E-state index contributed by atoms with van der Waals surface area (Å²) in [5.74, 6) is 0. The van der Waals surface area contributed by atoms with Crippen molar-refractivity contribution in [2.75, 3.05) is 4.72 Å². The van der Waals surface area contributed by atoms with Crippen LogP contribution in [0.15, 0.2) is 41.4 Å². The van der Waals surface area contributed by atoms with E-state index >= 15 is 0 Å². The highest BCUT2D eigenvalue weighted by atomic mass is 35.5. The molecule has 1 aromatic carbocycles. The molecule has 0 unspecified atom stereocenters. The van der Waals surface area contributed by atoms with Crippen molar-refractivity contribution >= 4 is 27.3 Å². The predicted molar refractivity (Wildman–Crippen MR) is 75.9 cm³/mol. The third kappa shape index (κ3) is 2.90. The van der Waals surface area contributed by atoms with Crippen LogP contribution in [0.3, 0.4) is 0 Å². The standard InChI is InChI=1S/C13H10ClN3O2S/c1-9-3-2-4-12(11(9)7-15)17-20(18,19)10-5-6-13(14)16-8-10/h2-6,8,17H,1H3. The Hall–Kier alpha value is -2.10. The van der Waals surface area contributed by atoms with Crippen LogP contribution in [-0.2, 0) is 10.0 Å². The van der Waals surface area contributed by atoms with Gasteiger partial charge in [0.15, 0.2) is 0 Å². The molecule has 0 spiro atoms. The maximum atomic E-state index is 12.2. The Morgan fingerprint density at radius 2 is 2.05 bits per heavy atom. The number of aromatic nitrogens is 1. The third-order valence-corrected chi connectivity index (χ3v) is 4.21. The number of hydrogen-bond acceptors (Lipinski definition) is 4. The van der Waals surface area contributed by atoms with E-state index in [1.807, 2.05) is 6.07 Å². The number of sulfonamides is 1. The van der Waals surface area contributed by atoms with Gasteiger partial charge < -0.3 is 0 Å². The van der Waals surface area contributed by atoms with Gasteiger partial charge in [-0.25, -0.2) is 13.4 Å². The first-order chi connectivity index (χ1) is 9.44. The third-order valence-electron chi connectivity index (χ3n) is 2.64. The summed E-state index contributed by atoms with van der Waals surface area (Å²) in [6, 6.07) is 9.66. The number of hydrogen-bond donors (Lipinski definition) is 1. The number of rotatable bonds is 3. The lowest BCUT2D eigenvalue weighted by atomic mass is 10.1. The molecule has 2 aromatic rings. The van der Waals surface area contributed by atoms with Crippen LogP contribution in [0, 0.1) is 18.3 Å². The van der Waals surface area contributed by atoms with Crippen LogP contribution < -0.4 is 4.72 Å². The molecule has 7 heteroatoms. The lowest BCUT2D eigenvalue weighted by Gasteiger charge is -2.10. The quantitative estimate of drug-likeness (QED) is 0.884. The average molecular weight is 308 g/mol. The Kier molecular flexibility index (Phi) is 3.93. The molecule has 0 atom stereocenters. The van der Waals surface area contributed by atoms with Gasteiger partial charge in [0, 0.05) is 6.20 Å². The SMILES string of the molecule is Cc1cccc(NS(=O)(=O)c2ccc(Cl)nc2)c1C#N. The number of nitrogens with zero attached hydrogens (tertiary/aromatic N) is 2. The topological polar surface area (TPSA) is 82.8 Å². The highest BCUT2D eigenvalue weighted by Crippen LogP contribution is 2.22. The molecule has 5 nitrogen and oxygen atoms in total. The minimum atomic E-state index is -3.80. The largest absolute Gasteiger partial charge is 0.278 e. The Balaban J connectivity index is 2.42. The van der Waals surface area contributed by atoms with Gasteiger partial charge in [0.2, 0.25) is 0 Å². The number of benzene rings is 1. The summed E-state index contributed by atoms with van der Waals surface area (Å²) in [6.07, 6.45) is 1.16. The zero-order valence-corrected chi connectivity index (χ0v) is 12.0. The highest BCUT2D eigenvalue weighted by Gasteiger charge is 2.17. The van der Waals surface area contributed by atoms with Crippen molar-refractivity contribution in [1.82, 2.24) is 4.98 Å². The van der Waals surface area contributed by atoms with Gasteiger partial charge in [-0.15, -0.1) is 0 Å². The molecule has 0 aliphatic carbocycles. The number of nitrogens with one attached hydrogen (secondary N) is 1. The van der Waals surface area contributed by atoms with E-state index in [-0.39, 0.29) is 21.3 Å². The van der Waals surface area contributed by atoms with Gasteiger partial charge in [-0.2, -0.15) is 5.26 Å². The molecule has 0 aliphatic heterocycles. The fourth-order valence-corrected chi connectivity index (χ4v) is 2.75. The van der Waals surface area contributed by atoms with E-state index in [1.54, 1.807) is 19.1 Å². The molecule has 20 heavy (non-hydrogen) atoms. The van der Waals surface area contributed by atoms with E-state index in [0.29, 0.717) is 5.56 Å². The van der Waals surface area contributed by atoms with Crippen LogP contribution >= 0.6 is 11.6 Å². The summed E-state index contributed by atoms with van der Waals surface area (Å²) in [5.41, 5.74) is 1.22. The van der Waals surface area contributed by atoms with Crippen molar-refractivity contribution in [2.45, 2.75) is 11.8 Å². The summed E-state index contributed by atoms with van der Waals surface area (Å²) in [7, 11) is -3.80. The lowest BCUT2D eigenvalue weighted by Crippen LogP contribution is -2.14. The van der Waals surface area contributed by atoms with Crippen molar-refractivity contribution < 1.29 is 8.42 Å². The van der Waals surface area contributed by atoms with Gasteiger partial charge in [-0.05, 0) is 30.7 Å². The first-order valence-electron chi connectivity index (χ1n) is 5.58. The summed E-state index contributed by atoms with van der Waals surface area (Å²) in [4.78, 5) is 3.71. The molecule has 0 aliphatic rings. The summed E-state index contributed by atoms with van der Waals surface area (Å²) < 4.78 is 26.8. The minimum absolute atomic E-state index is 0.0210. The zero-order valence-electron chi connectivity index (χ0n) is 10.5. The summed E-state index contributed by atoms with van der Waals surface area (Å²) >= 11 is 5.62. The number of nitriles is 1. The van der Waals surface area contributed by atoms with Gasteiger partial charge in [-0.3, -0.25) is 4.72 Å². The smallest absolute Gasteiger partial charge is 0.263 e. The first-order valence-corrected chi connectivity index (χ1v) is 7.44. The second-order valence-electron chi connectivity index (χ2n) is 4.03. The molecule has 0 radical (unpaired) electrons. The van der Waals surface area contributed by atoms with Gasteiger partial charge >= 0.3 is 0 Å². The molecule has 2 rings (SSSR count). The zero-order chi connectivity index (χ0) is 14.8. The van der Waals surface area contributed by atoms with Gasteiger partial charge in [0.05, 0.1) is 11.3 Å². The normalized spacial score (nSPS) is 10.8. The number of anilines is 1. The number of halogens is 1. The summed E-state index contributed by atoms with van der Waals surface area (Å²) in [6.45, 7) is 1.74. The van der Waals surface area contributed by atoms with Crippen LogP contribution in [-0.4, -0.2) is 13.4 Å². The van der Waals surface area contributed by atoms with Crippen LogP contribution in [0.25, 0.3) is 0 Å². The Morgan fingerprint density at radius 3 is 2.65 bits per heavy atom. The van der Waals surface area contributed by atoms with Crippen molar-refractivity contribution in [3.8, 4) is 6.07 Å². The molecular formula is C13H10ClN3O2S. The predicted octanol–water partition coefficient (Wildman–Crippen LogP) is 2.72. The second-order valence-corrected chi connectivity index (χ2v) is 6.10. The average Bonchev–Trinajstić information content (AvgIpc) is 2.39. The second kappa shape index (κ2) is 5.49. The molecular weight excluding hydrogens is 298 g/mol. The molecule has 102 valence electrons. The fraction of sp³-hybridized carbons (Fsp3) is 0.0769.